The van der Waals surface area contributed by atoms with Crippen LogP contribution in [0.1, 0.15) is 50.5 Å². The zero-order valence-electron chi connectivity index (χ0n) is 18.1. The molecule has 8 heteroatoms. The Hall–Kier alpha value is -2.45. The minimum absolute atomic E-state index is 0.168. The summed E-state index contributed by atoms with van der Waals surface area (Å²) in [5.74, 6) is -0.532. The number of β-amino-alcohol motifs (C(OH)–C–C–N with tert-alkyl or cyclic N) is 1. The number of para-hydroxylation sites is 1. The van der Waals surface area contributed by atoms with Crippen molar-refractivity contribution in [1.29, 1.82) is 0 Å². The van der Waals surface area contributed by atoms with Gasteiger partial charge in [-0.1, -0.05) is 39.0 Å². The highest BCUT2D eigenvalue weighted by Crippen LogP contribution is 2.25. The van der Waals surface area contributed by atoms with Crippen molar-refractivity contribution in [2.45, 2.75) is 58.7 Å². The highest BCUT2D eigenvalue weighted by atomic mass is 16.3. The molecule has 3 rings (SSSR count). The van der Waals surface area contributed by atoms with Gasteiger partial charge in [-0.15, -0.1) is 0 Å². The Bertz CT molecular complexity index is 902. The smallest absolute Gasteiger partial charge is 0.273 e. The standard InChI is InChI=1S/C22H33N5O3/c1-22(2,3)19(21(30)26-13-10-15(28)14-26)24-20(29)18-16-8-4-5-9-17(16)27(25-18)12-7-6-11-23/h4-5,8-9,15,19,28H,6-7,10-14,23H2,1-3H3,(H,24,29). The van der Waals surface area contributed by atoms with Crippen LogP contribution in [0.15, 0.2) is 24.3 Å². The molecule has 8 nitrogen and oxygen atoms in total. The second kappa shape index (κ2) is 9.14. The summed E-state index contributed by atoms with van der Waals surface area (Å²) in [6.45, 7) is 7.87. The van der Waals surface area contributed by atoms with Crippen LogP contribution in [0, 0.1) is 5.41 Å². The lowest BCUT2D eigenvalue weighted by atomic mass is 9.85. The van der Waals surface area contributed by atoms with Crippen molar-refractivity contribution in [3.8, 4) is 0 Å². The van der Waals surface area contributed by atoms with Gasteiger partial charge >= 0.3 is 0 Å². The Morgan fingerprint density at radius 1 is 1.30 bits per heavy atom. The van der Waals surface area contributed by atoms with Crippen molar-refractivity contribution in [2.75, 3.05) is 19.6 Å². The van der Waals surface area contributed by atoms with Crippen molar-refractivity contribution >= 4 is 22.7 Å². The second-order valence-electron chi connectivity index (χ2n) is 9.08. The molecule has 1 aliphatic rings. The Kier molecular flexibility index (Phi) is 6.77. The third kappa shape index (κ3) is 4.82. The van der Waals surface area contributed by atoms with Gasteiger partial charge < -0.3 is 21.1 Å². The first-order valence-corrected chi connectivity index (χ1v) is 10.7. The summed E-state index contributed by atoms with van der Waals surface area (Å²) in [5.41, 5.74) is 6.32. The number of benzene rings is 1. The molecule has 4 N–H and O–H groups in total. The van der Waals surface area contributed by atoms with Crippen molar-refractivity contribution in [3.63, 3.8) is 0 Å². The lowest BCUT2D eigenvalue weighted by Gasteiger charge is -2.33. The topological polar surface area (TPSA) is 113 Å². The zero-order chi connectivity index (χ0) is 21.9. The van der Waals surface area contributed by atoms with E-state index in [-0.39, 0.29) is 11.8 Å². The number of unbranched alkanes of at least 4 members (excludes halogenated alkanes) is 1. The van der Waals surface area contributed by atoms with E-state index in [2.05, 4.69) is 10.4 Å². The number of carbonyl (C=O) groups excluding carboxylic acids is 2. The quantitative estimate of drug-likeness (QED) is 0.593. The lowest BCUT2D eigenvalue weighted by molar-refractivity contribution is -0.135. The van der Waals surface area contributed by atoms with Crippen LogP contribution in [0.2, 0.25) is 0 Å². The first kappa shape index (κ1) is 22.2. The van der Waals surface area contributed by atoms with E-state index < -0.39 is 17.6 Å². The molecule has 0 spiro atoms. The monoisotopic (exact) mass is 415 g/mol. The van der Waals surface area contributed by atoms with Crippen molar-refractivity contribution in [3.05, 3.63) is 30.0 Å². The summed E-state index contributed by atoms with van der Waals surface area (Å²) in [5, 5.41) is 18.1. The molecule has 2 amide bonds. The van der Waals surface area contributed by atoms with E-state index >= 15 is 0 Å². The minimum Gasteiger partial charge on any atom is -0.391 e. The van der Waals surface area contributed by atoms with Gasteiger partial charge in [-0.2, -0.15) is 5.10 Å². The van der Waals surface area contributed by atoms with Gasteiger partial charge in [0.15, 0.2) is 5.69 Å². The van der Waals surface area contributed by atoms with Gasteiger partial charge in [-0.05, 0) is 37.3 Å². The van der Waals surface area contributed by atoms with Crippen molar-refractivity contribution in [1.82, 2.24) is 20.0 Å². The normalized spacial score (nSPS) is 18.0. The number of amides is 2. The second-order valence-corrected chi connectivity index (χ2v) is 9.08. The maximum Gasteiger partial charge on any atom is 0.273 e. The molecule has 0 radical (unpaired) electrons. The van der Waals surface area contributed by atoms with E-state index in [9.17, 15) is 14.7 Å². The largest absolute Gasteiger partial charge is 0.391 e. The number of nitrogens with one attached hydrogen (secondary N) is 1. The van der Waals surface area contributed by atoms with Gasteiger partial charge in [0.2, 0.25) is 5.91 Å². The Labute approximate surface area is 177 Å². The average molecular weight is 416 g/mol. The van der Waals surface area contributed by atoms with Gasteiger partial charge in [0, 0.05) is 25.0 Å². The first-order valence-electron chi connectivity index (χ1n) is 10.7. The number of hydrogen-bond donors (Lipinski definition) is 3. The molecular formula is C22H33N5O3. The Morgan fingerprint density at radius 2 is 2.03 bits per heavy atom. The molecule has 1 fully saturated rings. The van der Waals surface area contributed by atoms with Crippen LogP contribution in [0.25, 0.3) is 10.9 Å². The van der Waals surface area contributed by atoms with Crippen LogP contribution in [0.5, 0.6) is 0 Å². The molecular weight excluding hydrogens is 382 g/mol. The van der Waals surface area contributed by atoms with E-state index in [0.717, 1.165) is 23.7 Å². The fourth-order valence-electron chi connectivity index (χ4n) is 3.84. The van der Waals surface area contributed by atoms with E-state index in [1.165, 1.54) is 0 Å². The molecule has 2 aromatic rings. The summed E-state index contributed by atoms with van der Waals surface area (Å²) in [6, 6.07) is 6.91. The van der Waals surface area contributed by atoms with Crippen LogP contribution < -0.4 is 11.1 Å². The number of likely N-dealkylation sites (tertiary alicyclic amines) is 1. The van der Waals surface area contributed by atoms with Gasteiger partial charge in [0.05, 0.1) is 11.6 Å². The van der Waals surface area contributed by atoms with Gasteiger partial charge in [0.25, 0.3) is 5.91 Å². The predicted molar refractivity (Wildman–Crippen MR) is 116 cm³/mol. The molecule has 1 aromatic carbocycles. The molecule has 0 saturated carbocycles. The number of hydrogen-bond acceptors (Lipinski definition) is 5. The molecule has 0 bridgehead atoms. The molecule has 2 heterocycles. The Morgan fingerprint density at radius 3 is 2.67 bits per heavy atom. The van der Waals surface area contributed by atoms with Crippen molar-refractivity contribution in [2.24, 2.45) is 11.1 Å². The number of aliphatic hydroxyl groups is 1. The van der Waals surface area contributed by atoms with Gasteiger partial charge in [-0.3, -0.25) is 14.3 Å². The number of rotatable bonds is 7. The summed E-state index contributed by atoms with van der Waals surface area (Å²) in [4.78, 5) is 28.0. The number of nitrogens with zero attached hydrogens (tertiary/aromatic N) is 3. The molecule has 2 atom stereocenters. The number of carbonyl (C=O) groups is 2. The average Bonchev–Trinajstić information content (AvgIpc) is 3.29. The molecule has 164 valence electrons. The van der Waals surface area contributed by atoms with Crippen LogP contribution in [-0.4, -0.2) is 63.4 Å². The van der Waals surface area contributed by atoms with E-state index in [1.807, 2.05) is 49.7 Å². The first-order chi connectivity index (χ1) is 14.2. The van der Waals surface area contributed by atoms with Crippen molar-refractivity contribution < 1.29 is 14.7 Å². The molecule has 0 aliphatic carbocycles. The number of nitrogens with two attached hydrogens (primary N) is 1. The third-order valence-corrected chi connectivity index (χ3v) is 5.56. The lowest BCUT2D eigenvalue weighted by Crippen LogP contribution is -2.54. The van der Waals surface area contributed by atoms with E-state index in [0.29, 0.717) is 38.3 Å². The van der Waals surface area contributed by atoms with Gasteiger partial charge in [0.1, 0.15) is 6.04 Å². The highest BCUT2D eigenvalue weighted by Gasteiger charge is 2.38. The van der Waals surface area contributed by atoms with E-state index in [4.69, 9.17) is 5.73 Å². The number of fused-ring (bicyclic) bond motifs is 1. The summed E-state index contributed by atoms with van der Waals surface area (Å²) >= 11 is 0. The minimum atomic E-state index is -0.712. The summed E-state index contributed by atoms with van der Waals surface area (Å²) in [6.07, 6.45) is 1.83. The maximum atomic E-state index is 13.2. The number of aromatic nitrogens is 2. The Balaban J connectivity index is 1.85. The number of aliphatic hydroxyl groups excluding tert-OH is 1. The van der Waals surface area contributed by atoms with Crippen LogP contribution >= 0.6 is 0 Å². The SMILES string of the molecule is CC(C)(C)C(NC(=O)c1nn(CCCCN)c2ccccc12)C(=O)N1CCC(O)C1. The van der Waals surface area contributed by atoms with E-state index in [1.54, 1.807) is 4.90 Å². The van der Waals surface area contributed by atoms with Crippen LogP contribution in [-0.2, 0) is 11.3 Å². The summed E-state index contributed by atoms with van der Waals surface area (Å²) < 4.78 is 1.84. The zero-order valence-corrected chi connectivity index (χ0v) is 18.1. The predicted octanol–water partition coefficient (Wildman–Crippen LogP) is 1.51. The maximum absolute atomic E-state index is 13.2. The molecule has 30 heavy (non-hydrogen) atoms. The fourth-order valence-corrected chi connectivity index (χ4v) is 3.84. The molecule has 1 aliphatic heterocycles. The number of aryl methyl sites for hydroxylation is 1. The molecule has 1 saturated heterocycles. The molecule has 2 unspecified atom stereocenters. The molecule has 1 aromatic heterocycles. The third-order valence-electron chi connectivity index (χ3n) is 5.56. The fraction of sp³-hybridized carbons (Fsp3) is 0.591. The van der Waals surface area contributed by atoms with Crippen LogP contribution in [0.3, 0.4) is 0 Å². The summed E-state index contributed by atoms with van der Waals surface area (Å²) in [7, 11) is 0. The highest BCUT2D eigenvalue weighted by molar-refractivity contribution is 6.06. The van der Waals surface area contributed by atoms with Gasteiger partial charge in [-0.25, -0.2) is 0 Å². The van der Waals surface area contributed by atoms with Crippen LogP contribution in [0.4, 0.5) is 0 Å².